The lowest BCUT2D eigenvalue weighted by atomic mass is 9.97. The lowest BCUT2D eigenvalue weighted by Crippen LogP contribution is -2.09. The van der Waals surface area contributed by atoms with Gasteiger partial charge in [0, 0.05) is 0 Å². The summed E-state index contributed by atoms with van der Waals surface area (Å²) >= 11 is 0. The van der Waals surface area contributed by atoms with E-state index in [1.54, 1.807) is 0 Å². The molecule has 0 amide bonds. The minimum absolute atomic E-state index is 0. The summed E-state index contributed by atoms with van der Waals surface area (Å²) in [4.78, 5) is 10.7. The first-order chi connectivity index (χ1) is 5.75. The van der Waals surface area contributed by atoms with E-state index in [-0.39, 0.29) is 15.8 Å². The maximum absolute atomic E-state index is 10.7. The van der Waals surface area contributed by atoms with Crippen LogP contribution in [0.5, 0.6) is 0 Å². The molecule has 72 valence electrons. The Morgan fingerprint density at radius 2 is 1.92 bits per heavy atom. The molecule has 13 heavy (non-hydrogen) atoms. The third kappa shape index (κ3) is 3.16. The summed E-state index contributed by atoms with van der Waals surface area (Å²) in [6.45, 7) is 1.88. The van der Waals surface area contributed by atoms with Gasteiger partial charge in [0.15, 0.2) is 0 Å². The zero-order valence-electron chi connectivity index (χ0n) is 7.73. The smallest absolute Gasteiger partial charge is 0.310 e. The first kappa shape index (κ1) is 12.1. The van der Waals surface area contributed by atoms with Crippen LogP contribution in [0, 0.1) is 0 Å². The molecular formula is C10H15O2P. The Balaban J connectivity index is 0.00000144. The molecule has 0 spiro atoms. The Hall–Kier alpha value is -0.880. The van der Waals surface area contributed by atoms with Gasteiger partial charge in [-0.2, -0.15) is 9.90 Å². The SMILES string of the molecule is CCC(C(=O)O)c1ccccc1.P. The summed E-state index contributed by atoms with van der Waals surface area (Å²) in [5.74, 6) is -1.10. The summed E-state index contributed by atoms with van der Waals surface area (Å²) in [7, 11) is 0. The predicted octanol–water partition coefficient (Wildman–Crippen LogP) is 2.32. The molecule has 3 heteroatoms. The molecule has 0 aliphatic carbocycles. The summed E-state index contributed by atoms with van der Waals surface area (Å²) in [6, 6.07) is 9.31. The Morgan fingerprint density at radius 1 is 1.38 bits per heavy atom. The van der Waals surface area contributed by atoms with Gasteiger partial charge in [0.1, 0.15) is 0 Å². The average molecular weight is 198 g/mol. The molecule has 1 N–H and O–H groups in total. The van der Waals surface area contributed by atoms with Gasteiger partial charge < -0.3 is 5.11 Å². The minimum atomic E-state index is -0.747. The van der Waals surface area contributed by atoms with E-state index in [9.17, 15) is 4.79 Å². The summed E-state index contributed by atoms with van der Waals surface area (Å²) in [5.41, 5.74) is 0.882. The third-order valence-corrected chi connectivity index (χ3v) is 1.91. The molecule has 0 bridgehead atoms. The van der Waals surface area contributed by atoms with Gasteiger partial charge in [-0.15, -0.1) is 0 Å². The van der Waals surface area contributed by atoms with Gasteiger partial charge in [-0.3, -0.25) is 4.79 Å². The van der Waals surface area contributed by atoms with Crippen LogP contribution < -0.4 is 0 Å². The number of hydrogen-bond donors (Lipinski definition) is 1. The van der Waals surface area contributed by atoms with Crippen LogP contribution in [-0.4, -0.2) is 11.1 Å². The van der Waals surface area contributed by atoms with Crippen LogP contribution in [0.15, 0.2) is 30.3 Å². The number of hydrogen-bond acceptors (Lipinski definition) is 1. The number of rotatable bonds is 3. The molecule has 0 radical (unpaired) electrons. The van der Waals surface area contributed by atoms with Gasteiger partial charge in [-0.25, -0.2) is 0 Å². The van der Waals surface area contributed by atoms with Gasteiger partial charge in [0.2, 0.25) is 0 Å². The highest BCUT2D eigenvalue weighted by Gasteiger charge is 2.16. The Bertz CT molecular complexity index is 259. The van der Waals surface area contributed by atoms with E-state index < -0.39 is 5.97 Å². The highest BCUT2D eigenvalue weighted by Crippen LogP contribution is 2.18. The van der Waals surface area contributed by atoms with Gasteiger partial charge in [0.25, 0.3) is 0 Å². The molecule has 1 rings (SSSR count). The molecule has 0 aromatic heterocycles. The molecule has 1 aromatic rings. The van der Waals surface area contributed by atoms with Crippen molar-refractivity contribution in [1.82, 2.24) is 0 Å². The second-order valence-corrected chi connectivity index (χ2v) is 2.71. The maximum Gasteiger partial charge on any atom is 0.310 e. The van der Waals surface area contributed by atoms with Crippen molar-refractivity contribution >= 4 is 15.9 Å². The van der Waals surface area contributed by atoms with E-state index >= 15 is 0 Å². The Morgan fingerprint density at radius 3 is 2.31 bits per heavy atom. The van der Waals surface area contributed by atoms with Crippen LogP contribution in [0.3, 0.4) is 0 Å². The Kier molecular flexibility index (Phi) is 5.33. The number of benzene rings is 1. The molecule has 1 aromatic carbocycles. The fourth-order valence-corrected chi connectivity index (χ4v) is 1.24. The lowest BCUT2D eigenvalue weighted by Gasteiger charge is -2.08. The summed E-state index contributed by atoms with van der Waals surface area (Å²) < 4.78 is 0. The van der Waals surface area contributed by atoms with Crippen molar-refractivity contribution in [1.29, 1.82) is 0 Å². The molecule has 0 aliphatic rings. The molecule has 0 aliphatic heterocycles. The summed E-state index contributed by atoms with van der Waals surface area (Å²) in [5, 5.41) is 8.83. The zero-order valence-corrected chi connectivity index (χ0v) is 9.15. The van der Waals surface area contributed by atoms with E-state index in [2.05, 4.69) is 0 Å². The molecular weight excluding hydrogens is 183 g/mol. The number of carboxylic acid groups (broad SMARTS) is 1. The number of aliphatic carboxylic acids is 1. The van der Waals surface area contributed by atoms with Crippen LogP contribution in [0.2, 0.25) is 0 Å². The van der Waals surface area contributed by atoms with Crippen LogP contribution in [0.4, 0.5) is 0 Å². The van der Waals surface area contributed by atoms with Crippen LogP contribution in [0.25, 0.3) is 0 Å². The van der Waals surface area contributed by atoms with Gasteiger partial charge in [-0.1, -0.05) is 37.3 Å². The molecule has 2 nitrogen and oxygen atoms in total. The van der Waals surface area contributed by atoms with Crippen molar-refractivity contribution in [3.63, 3.8) is 0 Å². The van der Waals surface area contributed by atoms with E-state index in [0.29, 0.717) is 6.42 Å². The zero-order chi connectivity index (χ0) is 8.97. The topological polar surface area (TPSA) is 37.3 Å². The fourth-order valence-electron chi connectivity index (χ4n) is 1.24. The van der Waals surface area contributed by atoms with Crippen molar-refractivity contribution < 1.29 is 9.90 Å². The highest BCUT2D eigenvalue weighted by molar-refractivity contribution is 6.92. The standard InChI is InChI=1S/C10H12O2.H3P/c1-2-9(10(11)12)8-6-4-3-5-7-8;/h3-7,9H,2H2,1H3,(H,11,12);1H3. The molecule has 0 fully saturated rings. The normalized spacial score (nSPS) is 11.5. The lowest BCUT2D eigenvalue weighted by molar-refractivity contribution is -0.138. The van der Waals surface area contributed by atoms with Crippen molar-refractivity contribution in [3.05, 3.63) is 35.9 Å². The predicted molar refractivity (Wildman–Crippen MR) is 58.2 cm³/mol. The van der Waals surface area contributed by atoms with Gasteiger partial charge in [-0.05, 0) is 12.0 Å². The minimum Gasteiger partial charge on any atom is -0.481 e. The molecule has 0 saturated carbocycles. The van der Waals surface area contributed by atoms with Crippen LogP contribution in [0.1, 0.15) is 24.8 Å². The first-order valence-corrected chi connectivity index (χ1v) is 4.03. The fraction of sp³-hybridized carbons (Fsp3) is 0.300. The monoisotopic (exact) mass is 198 g/mol. The second-order valence-electron chi connectivity index (χ2n) is 2.71. The van der Waals surface area contributed by atoms with E-state index in [0.717, 1.165) is 5.56 Å². The maximum atomic E-state index is 10.7. The highest BCUT2D eigenvalue weighted by atomic mass is 31.0. The van der Waals surface area contributed by atoms with Crippen LogP contribution >= 0.6 is 9.90 Å². The van der Waals surface area contributed by atoms with Crippen molar-refractivity contribution in [2.45, 2.75) is 19.3 Å². The van der Waals surface area contributed by atoms with Crippen LogP contribution in [-0.2, 0) is 4.79 Å². The largest absolute Gasteiger partial charge is 0.481 e. The van der Waals surface area contributed by atoms with Crippen molar-refractivity contribution in [2.75, 3.05) is 0 Å². The number of carboxylic acids is 1. The summed E-state index contributed by atoms with van der Waals surface area (Å²) in [6.07, 6.45) is 0.638. The van der Waals surface area contributed by atoms with Crippen molar-refractivity contribution in [2.24, 2.45) is 0 Å². The Labute approximate surface area is 81.6 Å². The van der Waals surface area contributed by atoms with E-state index in [1.165, 1.54) is 0 Å². The number of carbonyl (C=O) groups is 1. The molecule has 0 heterocycles. The molecule has 2 atom stereocenters. The van der Waals surface area contributed by atoms with E-state index in [4.69, 9.17) is 5.11 Å². The van der Waals surface area contributed by atoms with Crippen molar-refractivity contribution in [3.8, 4) is 0 Å². The van der Waals surface area contributed by atoms with Gasteiger partial charge in [0.05, 0.1) is 5.92 Å². The average Bonchev–Trinajstić information content (AvgIpc) is 2.07. The second kappa shape index (κ2) is 5.71. The molecule has 2 unspecified atom stereocenters. The van der Waals surface area contributed by atoms with E-state index in [1.807, 2.05) is 37.3 Å². The molecule has 0 saturated heterocycles. The first-order valence-electron chi connectivity index (χ1n) is 4.03. The quantitative estimate of drug-likeness (QED) is 0.757. The third-order valence-electron chi connectivity index (χ3n) is 1.91. The van der Waals surface area contributed by atoms with Gasteiger partial charge >= 0.3 is 5.97 Å².